The van der Waals surface area contributed by atoms with Crippen LogP contribution in [0.25, 0.3) is 11.1 Å². The molecule has 0 amide bonds. The molecule has 0 heteroatoms. The highest BCUT2D eigenvalue weighted by atomic mass is 14.3. The fraction of sp³-hybridized carbons (Fsp3) is 0.250. The molecule has 0 fully saturated rings. The van der Waals surface area contributed by atoms with E-state index < -0.39 is 0 Å². The van der Waals surface area contributed by atoms with Gasteiger partial charge in [-0.1, -0.05) is 79.2 Å². The maximum atomic E-state index is 2.43. The minimum atomic E-state index is 0.555. The van der Waals surface area contributed by atoms with Crippen LogP contribution in [0.3, 0.4) is 0 Å². The summed E-state index contributed by atoms with van der Waals surface area (Å²) in [6.07, 6.45) is 3.35. The van der Waals surface area contributed by atoms with Crippen LogP contribution in [0.1, 0.15) is 40.7 Å². The second-order valence-electron chi connectivity index (χ2n) is 7.02. The van der Waals surface area contributed by atoms with Crippen LogP contribution in [-0.4, -0.2) is 0 Å². The molecular formula is C24H24. The van der Waals surface area contributed by atoms with E-state index >= 15 is 0 Å². The Bertz CT molecular complexity index is 873. The summed E-state index contributed by atoms with van der Waals surface area (Å²) in [5.74, 6) is 0.555. The van der Waals surface area contributed by atoms with E-state index in [1.807, 2.05) is 0 Å². The van der Waals surface area contributed by atoms with Crippen molar-refractivity contribution in [2.45, 2.75) is 39.0 Å². The van der Waals surface area contributed by atoms with Gasteiger partial charge in [0.25, 0.3) is 0 Å². The summed E-state index contributed by atoms with van der Waals surface area (Å²) in [5, 5.41) is 0. The lowest BCUT2D eigenvalue weighted by molar-refractivity contribution is 0.687. The molecule has 3 aromatic rings. The van der Waals surface area contributed by atoms with Crippen LogP contribution < -0.4 is 0 Å². The summed E-state index contributed by atoms with van der Waals surface area (Å²) < 4.78 is 0. The zero-order chi connectivity index (χ0) is 16.5. The summed E-state index contributed by atoms with van der Waals surface area (Å²) in [7, 11) is 0. The first-order valence-corrected chi connectivity index (χ1v) is 9.01. The van der Waals surface area contributed by atoms with Gasteiger partial charge in [0.05, 0.1) is 0 Å². The number of fused-ring (bicyclic) bond motifs is 3. The maximum absolute atomic E-state index is 2.43. The van der Waals surface area contributed by atoms with Gasteiger partial charge in [-0.3, -0.25) is 0 Å². The Kier molecular flexibility index (Phi) is 3.98. The Balaban J connectivity index is 1.87. The van der Waals surface area contributed by atoms with Crippen LogP contribution in [0.15, 0.2) is 66.7 Å². The molecule has 1 unspecified atom stereocenters. The first-order chi connectivity index (χ1) is 11.7. The van der Waals surface area contributed by atoms with Crippen molar-refractivity contribution in [3.8, 4) is 11.1 Å². The molecule has 24 heavy (non-hydrogen) atoms. The Hall–Kier alpha value is -2.34. The van der Waals surface area contributed by atoms with Crippen LogP contribution in [-0.2, 0) is 19.3 Å². The molecule has 0 saturated carbocycles. The van der Waals surface area contributed by atoms with Gasteiger partial charge in [0.2, 0.25) is 0 Å². The average Bonchev–Trinajstić information content (AvgIpc) is 2.78. The van der Waals surface area contributed by atoms with Crippen molar-refractivity contribution in [3.05, 3.63) is 94.5 Å². The maximum Gasteiger partial charge on any atom is -0.00805 e. The number of hydrogen-bond donors (Lipinski definition) is 0. The molecule has 0 saturated heterocycles. The minimum Gasteiger partial charge on any atom is -0.0620 e. The van der Waals surface area contributed by atoms with Crippen molar-refractivity contribution in [3.63, 3.8) is 0 Å². The van der Waals surface area contributed by atoms with Gasteiger partial charge in [-0.15, -0.1) is 0 Å². The highest BCUT2D eigenvalue weighted by Gasteiger charge is 2.22. The third-order valence-corrected chi connectivity index (χ3v) is 5.33. The third kappa shape index (κ3) is 2.78. The number of benzene rings is 3. The van der Waals surface area contributed by atoms with Crippen LogP contribution >= 0.6 is 0 Å². The molecule has 3 aromatic carbocycles. The molecule has 0 heterocycles. The average molecular weight is 312 g/mol. The van der Waals surface area contributed by atoms with Gasteiger partial charge in [0.15, 0.2) is 0 Å². The predicted octanol–water partition coefficient (Wildman–Crippen LogP) is 6.11. The SMILES string of the molecule is CCc1ccc2c(c1)CC(c1cccc(C)c1)Cc1ccccc1-2. The van der Waals surface area contributed by atoms with E-state index in [0.717, 1.165) is 19.3 Å². The van der Waals surface area contributed by atoms with Gasteiger partial charge in [0, 0.05) is 0 Å². The molecule has 0 N–H and O–H groups in total. The van der Waals surface area contributed by atoms with Crippen molar-refractivity contribution in [1.29, 1.82) is 0 Å². The van der Waals surface area contributed by atoms with Gasteiger partial charge in [-0.25, -0.2) is 0 Å². The largest absolute Gasteiger partial charge is 0.0620 e. The molecule has 1 atom stereocenters. The Labute approximate surface area is 145 Å². The van der Waals surface area contributed by atoms with E-state index in [1.165, 1.54) is 38.9 Å². The highest BCUT2D eigenvalue weighted by Crippen LogP contribution is 2.38. The molecule has 4 rings (SSSR count). The zero-order valence-corrected chi connectivity index (χ0v) is 14.5. The number of aryl methyl sites for hydroxylation is 2. The summed E-state index contributed by atoms with van der Waals surface area (Å²) in [5.41, 5.74) is 10.1. The molecule has 0 nitrogen and oxygen atoms in total. The van der Waals surface area contributed by atoms with E-state index in [9.17, 15) is 0 Å². The molecule has 0 aromatic heterocycles. The molecule has 0 aliphatic heterocycles. The van der Waals surface area contributed by atoms with Crippen molar-refractivity contribution < 1.29 is 0 Å². The first kappa shape index (κ1) is 15.2. The van der Waals surface area contributed by atoms with Crippen LogP contribution in [0.2, 0.25) is 0 Å². The third-order valence-electron chi connectivity index (χ3n) is 5.33. The van der Waals surface area contributed by atoms with Crippen LogP contribution in [0.4, 0.5) is 0 Å². The smallest absolute Gasteiger partial charge is 0.00805 e. The van der Waals surface area contributed by atoms with Crippen LogP contribution in [0, 0.1) is 6.92 Å². The molecule has 1 aliphatic rings. The summed E-state index contributed by atoms with van der Waals surface area (Å²) in [4.78, 5) is 0. The molecule has 120 valence electrons. The van der Waals surface area contributed by atoms with E-state index in [-0.39, 0.29) is 0 Å². The lowest BCUT2D eigenvalue weighted by Crippen LogP contribution is -2.05. The zero-order valence-electron chi connectivity index (χ0n) is 14.5. The van der Waals surface area contributed by atoms with Gasteiger partial charge in [-0.05, 0) is 65.5 Å². The standard InChI is InChI=1S/C24H24/c1-3-18-11-12-24-22(14-18)16-21(19-9-6-7-17(2)13-19)15-20-8-4-5-10-23(20)24/h4-14,21H,3,15-16H2,1-2H3. The Morgan fingerprint density at radius 1 is 0.792 bits per heavy atom. The number of hydrogen-bond acceptors (Lipinski definition) is 0. The molecular weight excluding hydrogens is 288 g/mol. The normalized spacial score (nSPS) is 16.2. The molecule has 0 radical (unpaired) electrons. The van der Waals surface area contributed by atoms with Crippen molar-refractivity contribution in [1.82, 2.24) is 0 Å². The van der Waals surface area contributed by atoms with E-state index in [2.05, 4.69) is 80.6 Å². The lowest BCUT2D eigenvalue weighted by atomic mass is 9.87. The summed E-state index contributed by atoms with van der Waals surface area (Å²) in [6.45, 7) is 4.43. The monoisotopic (exact) mass is 312 g/mol. The first-order valence-electron chi connectivity index (χ1n) is 9.01. The lowest BCUT2D eigenvalue weighted by Gasteiger charge is -2.17. The van der Waals surface area contributed by atoms with E-state index in [4.69, 9.17) is 0 Å². The fourth-order valence-electron chi connectivity index (χ4n) is 4.02. The Morgan fingerprint density at radius 3 is 2.42 bits per heavy atom. The van der Waals surface area contributed by atoms with E-state index in [1.54, 1.807) is 0 Å². The van der Waals surface area contributed by atoms with Crippen molar-refractivity contribution in [2.24, 2.45) is 0 Å². The Morgan fingerprint density at radius 2 is 1.58 bits per heavy atom. The van der Waals surface area contributed by atoms with Crippen molar-refractivity contribution in [2.75, 3.05) is 0 Å². The van der Waals surface area contributed by atoms with Gasteiger partial charge >= 0.3 is 0 Å². The van der Waals surface area contributed by atoms with Crippen LogP contribution in [0.5, 0.6) is 0 Å². The highest BCUT2D eigenvalue weighted by molar-refractivity contribution is 5.72. The van der Waals surface area contributed by atoms with Gasteiger partial charge in [-0.2, -0.15) is 0 Å². The predicted molar refractivity (Wildman–Crippen MR) is 103 cm³/mol. The molecule has 1 aliphatic carbocycles. The second kappa shape index (κ2) is 6.28. The molecule has 0 spiro atoms. The quantitative estimate of drug-likeness (QED) is 0.536. The fourth-order valence-corrected chi connectivity index (χ4v) is 4.02. The molecule has 0 bridgehead atoms. The minimum absolute atomic E-state index is 0.555. The van der Waals surface area contributed by atoms with Gasteiger partial charge in [0.1, 0.15) is 0 Å². The number of rotatable bonds is 2. The summed E-state index contributed by atoms with van der Waals surface area (Å²) >= 11 is 0. The van der Waals surface area contributed by atoms with Crippen molar-refractivity contribution >= 4 is 0 Å². The van der Waals surface area contributed by atoms with E-state index in [0.29, 0.717) is 5.92 Å². The topological polar surface area (TPSA) is 0 Å². The summed E-state index contributed by atoms with van der Waals surface area (Å²) in [6, 6.07) is 25.1. The second-order valence-corrected chi connectivity index (χ2v) is 7.02. The van der Waals surface area contributed by atoms with Gasteiger partial charge < -0.3 is 0 Å².